The van der Waals surface area contributed by atoms with Crippen molar-refractivity contribution in [2.24, 2.45) is 5.92 Å². The van der Waals surface area contributed by atoms with E-state index >= 15 is 0 Å². The Morgan fingerprint density at radius 2 is 2.33 bits per heavy atom. The first-order valence-corrected chi connectivity index (χ1v) is 6.15. The second kappa shape index (κ2) is 5.94. The smallest absolute Gasteiger partial charge is 0.140 e. The van der Waals surface area contributed by atoms with Gasteiger partial charge in [0.25, 0.3) is 0 Å². The fourth-order valence-corrected chi connectivity index (χ4v) is 2.06. The van der Waals surface area contributed by atoms with Gasteiger partial charge in [-0.3, -0.25) is 0 Å². The molecule has 0 saturated heterocycles. The molecule has 0 radical (unpaired) electrons. The Morgan fingerprint density at radius 3 is 2.94 bits per heavy atom. The average Bonchev–Trinajstić information content (AvgIpc) is 3.20. The summed E-state index contributed by atoms with van der Waals surface area (Å²) >= 11 is 0. The second-order valence-electron chi connectivity index (χ2n) is 4.71. The molecule has 1 saturated carbocycles. The van der Waals surface area contributed by atoms with E-state index in [-0.39, 0.29) is 5.56 Å². The molecule has 0 amide bonds. The molecule has 0 heterocycles. The van der Waals surface area contributed by atoms with E-state index < -0.39 is 5.82 Å². The van der Waals surface area contributed by atoms with E-state index in [9.17, 15) is 4.39 Å². The van der Waals surface area contributed by atoms with Gasteiger partial charge in [0, 0.05) is 19.7 Å². The van der Waals surface area contributed by atoms with Crippen LogP contribution in [0.25, 0.3) is 0 Å². The molecular formula is C14H17FN2O. The maximum atomic E-state index is 13.2. The van der Waals surface area contributed by atoms with E-state index in [4.69, 9.17) is 10.00 Å². The van der Waals surface area contributed by atoms with Gasteiger partial charge in [-0.15, -0.1) is 0 Å². The largest absolute Gasteiger partial charge is 0.383 e. The lowest BCUT2D eigenvalue weighted by molar-refractivity contribution is 0.157. The standard InChI is InChI=1S/C14H17FN2O/c1-18-9-14(11-3-4-11)17-8-10-2-5-13(15)12(6-10)7-16/h2,5-6,11,14,17H,3-4,8-9H2,1H3. The van der Waals surface area contributed by atoms with Crippen LogP contribution >= 0.6 is 0 Å². The van der Waals surface area contributed by atoms with Crippen LogP contribution < -0.4 is 5.32 Å². The first-order chi connectivity index (χ1) is 8.74. The van der Waals surface area contributed by atoms with E-state index in [1.54, 1.807) is 19.2 Å². The van der Waals surface area contributed by atoms with Crippen molar-refractivity contribution in [1.82, 2.24) is 5.32 Å². The number of benzene rings is 1. The topological polar surface area (TPSA) is 45.0 Å². The van der Waals surface area contributed by atoms with Crippen molar-refractivity contribution in [2.45, 2.75) is 25.4 Å². The van der Waals surface area contributed by atoms with Crippen LogP contribution in [0.4, 0.5) is 4.39 Å². The third kappa shape index (κ3) is 3.28. The molecule has 0 bridgehead atoms. The molecule has 18 heavy (non-hydrogen) atoms. The van der Waals surface area contributed by atoms with Gasteiger partial charge in [0.15, 0.2) is 0 Å². The Labute approximate surface area is 107 Å². The zero-order chi connectivity index (χ0) is 13.0. The molecule has 1 aliphatic rings. The number of ether oxygens (including phenoxy) is 1. The summed E-state index contributed by atoms with van der Waals surface area (Å²) in [5, 5.41) is 12.2. The molecule has 96 valence electrons. The lowest BCUT2D eigenvalue weighted by atomic mass is 10.1. The number of nitrogens with zero attached hydrogens (tertiary/aromatic N) is 1. The summed E-state index contributed by atoms with van der Waals surface area (Å²) in [6, 6.07) is 6.86. The molecule has 1 fully saturated rings. The number of halogens is 1. The quantitative estimate of drug-likeness (QED) is 0.839. The van der Waals surface area contributed by atoms with E-state index in [2.05, 4.69) is 5.32 Å². The van der Waals surface area contributed by atoms with E-state index in [0.717, 1.165) is 5.56 Å². The van der Waals surface area contributed by atoms with Crippen LogP contribution in [0, 0.1) is 23.1 Å². The maximum Gasteiger partial charge on any atom is 0.140 e. The Kier molecular flexibility index (Phi) is 4.29. The fourth-order valence-electron chi connectivity index (χ4n) is 2.06. The number of hydrogen-bond donors (Lipinski definition) is 1. The molecule has 1 N–H and O–H groups in total. The average molecular weight is 248 g/mol. The zero-order valence-electron chi connectivity index (χ0n) is 10.4. The number of nitriles is 1. The Hall–Kier alpha value is -1.44. The highest BCUT2D eigenvalue weighted by atomic mass is 19.1. The monoisotopic (exact) mass is 248 g/mol. The summed E-state index contributed by atoms with van der Waals surface area (Å²) in [7, 11) is 1.70. The molecule has 1 aromatic rings. The molecule has 1 aliphatic carbocycles. The van der Waals surface area contributed by atoms with Gasteiger partial charge in [0.1, 0.15) is 11.9 Å². The van der Waals surface area contributed by atoms with Gasteiger partial charge in [0.2, 0.25) is 0 Å². The Bertz CT molecular complexity index is 452. The van der Waals surface area contributed by atoms with Crippen LogP contribution in [-0.4, -0.2) is 19.8 Å². The van der Waals surface area contributed by atoms with E-state index in [1.165, 1.54) is 18.9 Å². The zero-order valence-corrected chi connectivity index (χ0v) is 10.4. The first kappa shape index (κ1) is 13.0. The lowest BCUT2D eigenvalue weighted by Crippen LogP contribution is -2.34. The minimum absolute atomic E-state index is 0.101. The van der Waals surface area contributed by atoms with Crippen molar-refractivity contribution >= 4 is 0 Å². The highest BCUT2D eigenvalue weighted by Crippen LogP contribution is 2.32. The summed E-state index contributed by atoms with van der Waals surface area (Å²) in [6.07, 6.45) is 2.49. The van der Waals surface area contributed by atoms with E-state index in [0.29, 0.717) is 25.1 Å². The minimum atomic E-state index is -0.461. The molecule has 0 aliphatic heterocycles. The molecule has 1 aromatic carbocycles. The summed E-state index contributed by atoms with van der Waals surface area (Å²) in [6.45, 7) is 1.33. The molecule has 4 heteroatoms. The summed E-state index contributed by atoms with van der Waals surface area (Å²) in [5.41, 5.74) is 1.03. The van der Waals surface area contributed by atoms with Crippen molar-refractivity contribution in [3.8, 4) is 6.07 Å². The number of nitrogens with one attached hydrogen (secondary N) is 1. The normalized spacial score (nSPS) is 16.3. The second-order valence-corrected chi connectivity index (χ2v) is 4.71. The number of hydrogen-bond acceptors (Lipinski definition) is 3. The third-order valence-corrected chi connectivity index (χ3v) is 3.26. The van der Waals surface area contributed by atoms with Crippen molar-refractivity contribution in [1.29, 1.82) is 5.26 Å². The number of rotatable bonds is 6. The van der Waals surface area contributed by atoms with Gasteiger partial charge in [-0.05, 0) is 36.5 Å². The lowest BCUT2D eigenvalue weighted by Gasteiger charge is -2.17. The molecule has 0 aromatic heterocycles. The molecule has 1 atom stereocenters. The van der Waals surface area contributed by atoms with Crippen LogP contribution in [0.5, 0.6) is 0 Å². The van der Waals surface area contributed by atoms with Gasteiger partial charge in [-0.25, -0.2) is 4.39 Å². The Morgan fingerprint density at radius 1 is 1.56 bits per heavy atom. The predicted octanol–water partition coefficient (Wildman–Crippen LogP) is 2.21. The molecule has 0 spiro atoms. The van der Waals surface area contributed by atoms with Crippen LogP contribution in [0.15, 0.2) is 18.2 Å². The highest BCUT2D eigenvalue weighted by molar-refractivity contribution is 5.34. The van der Waals surface area contributed by atoms with Gasteiger partial charge < -0.3 is 10.1 Å². The Balaban J connectivity index is 1.94. The van der Waals surface area contributed by atoms with Gasteiger partial charge in [0.05, 0.1) is 12.2 Å². The minimum Gasteiger partial charge on any atom is -0.383 e. The maximum absolute atomic E-state index is 13.2. The van der Waals surface area contributed by atoms with Crippen LogP contribution in [0.3, 0.4) is 0 Å². The fraction of sp³-hybridized carbons (Fsp3) is 0.500. The molecular weight excluding hydrogens is 231 g/mol. The van der Waals surface area contributed by atoms with Gasteiger partial charge >= 0.3 is 0 Å². The molecule has 1 unspecified atom stereocenters. The van der Waals surface area contributed by atoms with Crippen molar-refractivity contribution in [3.63, 3.8) is 0 Å². The highest BCUT2D eigenvalue weighted by Gasteiger charge is 2.30. The predicted molar refractivity (Wildman–Crippen MR) is 66.3 cm³/mol. The van der Waals surface area contributed by atoms with E-state index in [1.807, 2.05) is 6.07 Å². The SMILES string of the molecule is COCC(NCc1ccc(F)c(C#N)c1)C1CC1. The third-order valence-electron chi connectivity index (χ3n) is 3.26. The van der Waals surface area contributed by atoms with Crippen molar-refractivity contribution in [3.05, 3.63) is 35.1 Å². The molecule has 3 nitrogen and oxygen atoms in total. The van der Waals surface area contributed by atoms with Crippen LogP contribution in [0.2, 0.25) is 0 Å². The number of methoxy groups -OCH3 is 1. The van der Waals surface area contributed by atoms with Crippen LogP contribution in [-0.2, 0) is 11.3 Å². The van der Waals surface area contributed by atoms with Gasteiger partial charge in [-0.1, -0.05) is 6.07 Å². The summed E-state index contributed by atoms with van der Waals surface area (Å²) < 4.78 is 18.3. The molecule has 2 rings (SSSR count). The first-order valence-electron chi connectivity index (χ1n) is 6.15. The van der Waals surface area contributed by atoms with Gasteiger partial charge in [-0.2, -0.15) is 5.26 Å². The van der Waals surface area contributed by atoms with Crippen LogP contribution in [0.1, 0.15) is 24.0 Å². The summed E-state index contributed by atoms with van der Waals surface area (Å²) in [5.74, 6) is 0.234. The summed E-state index contributed by atoms with van der Waals surface area (Å²) in [4.78, 5) is 0. The van der Waals surface area contributed by atoms with Crippen molar-refractivity contribution in [2.75, 3.05) is 13.7 Å². The van der Waals surface area contributed by atoms with Crippen molar-refractivity contribution < 1.29 is 9.13 Å².